The van der Waals surface area contributed by atoms with Gasteiger partial charge in [-0.25, -0.2) is 13.6 Å². The molecule has 3 aromatic rings. The van der Waals surface area contributed by atoms with Gasteiger partial charge in [0.15, 0.2) is 0 Å². The van der Waals surface area contributed by atoms with Crippen LogP contribution < -0.4 is 10.1 Å². The molecule has 3 aromatic carbocycles. The Morgan fingerprint density at radius 1 is 1.00 bits per heavy atom. The summed E-state index contributed by atoms with van der Waals surface area (Å²) >= 11 is 6.06. The molecule has 0 aliphatic carbocycles. The fourth-order valence-electron chi connectivity index (χ4n) is 3.04. The van der Waals surface area contributed by atoms with Crippen molar-refractivity contribution in [3.8, 4) is 5.75 Å². The van der Waals surface area contributed by atoms with Crippen molar-refractivity contribution in [2.24, 2.45) is 0 Å². The first-order valence-electron chi connectivity index (χ1n) is 9.63. The molecule has 0 aliphatic heterocycles. The zero-order chi connectivity index (χ0) is 23.3. The highest BCUT2D eigenvalue weighted by Gasteiger charge is 2.17. The van der Waals surface area contributed by atoms with E-state index in [1.165, 1.54) is 19.2 Å². The van der Waals surface area contributed by atoms with Gasteiger partial charge in [-0.1, -0.05) is 23.7 Å². The molecule has 0 unspecified atom stereocenters. The molecule has 166 valence electrons. The fourth-order valence-corrected chi connectivity index (χ4v) is 3.22. The minimum Gasteiger partial charge on any atom is -0.488 e. The zero-order valence-corrected chi connectivity index (χ0v) is 18.1. The molecule has 0 saturated carbocycles. The summed E-state index contributed by atoms with van der Waals surface area (Å²) in [7, 11) is 1.30. The van der Waals surface area contributed by atoms with Crippen LogP contribution in [0, 0.1) is 11.6 Å². The van der Waals surface area contributed by atoms with E-state index in [0.29, 0.717) is 10.6 Å². The normalized spacial score (nSPS) is 11.5. The van der Waals surface area contributed by atoms with Crippen LogP contribution in [0.3, 0.4) is 0 Å². The SMILES string of the molecule is COC(=O)c1ccc([C@H](C)NC(=O)c2cc(Cl)ccc2OCc2cc(F)cc(F)c2)cc1. The van der Waals surface area contributed by atoms with Crippen molar-refractivity contribution in [1.29, 1.82) is 0 Å². The molecule has 1 N–H and O–H groups in total. The summed E-state index contributed by atoms with van der Waals surface area (Å²) < 4.78 is 37.1. The molecule has 0 spiro atoms. The predicted molar refractivity (Wildman–Crippen MR) is 116 cm³/mol. The molecule has 1 atom stereocenters. The molecule has 1 amide bonds. The Labute approximate surface area is 188 Å². The van der Waals surface area contributed by atoms with Crippen LogP contribution in [0.2, 0.25) is 5.02 Å². The lowest BCUT2D eigenvalue weighted by molar-refractivity contribution is 0.0600. The Bertz CT molecular complexity index is 1120. The van der Waals surface area contributed by atoms with Gasteiger partial charge in [0.05, 0.1) is 24.3 Å². The first-order chi connectivity index (χ1) is 15.3. The van der Waals surface area contributed by atoms with E-state index in [9.17, 15) is 18.4 Å². The number of carbonyl (C=O) groups is 2. The third kappa shape index (κ3) is 5.82. The van der Waals surface area contributed by atoms with E-state index in [1.807, 2.05) is 0 Å². The maximum absolute atomic E-state index is 13.4. The molecule has 0 radical (unpaired) electrons. The first-order valence-corrected chi connectivity index (χ1v) is 10.0. The summed E-state index contributed by atoms with van der Waals surface area (Å²) in [6.07, 6.45) is 0. The second kappa shape index (κ2) is 10.2. The largest absolute Gasteiger partial charge is 0.488 e. The van der Waals surface area contributed by atoms with Gasteiger partial charge in [0.25, 0.3) is 5.91 Å². The highest BCUT2D eigenvalue weighted by molar-refractivity contribution is 6.31. The molecule has 32 heavy (non-hydrogen) atoms. The van der Waals surface area contributed by atoms with Crippen LogP contribution in [0.25, 0.3) is 0 Å². The topological polar surface area (TPSA) is 64.6 Å². The molecule has 0 aliphatic rings. The van der Waals surface area contributed by atoms with Crippen molar-refractivity contribution >= 4 is 23.5 Å². The molecule has 0 heterocycles. The van der Waals surface area contributed by atoms with Gasteiger partial charge in [-0.2, -0.15) is 0 Å². The smallest absolute Gasteiger partial charge is 0.337 e. The van der Waals surface area contributed by atoms with Crippen LogP contribution >= 0.6 is 11.6 Å². The molecule has 5 nitrogen and oxygen atoms in total. The lowest BCUT2D eigenvalue weighted by Crippen LogP contribution is -2.27. The average Bonchev–Trinajstić information content (AvgIpc) is 2.77. The quantitative estimate of drug-likeness (QED) is 0.475. The maximum Gasteiger partial charge on any atom is 0.337 e. The van der Waals surface area contributed by atoms with Gasteiger partial charge >= 0.3 is 5.97 Å². The number of benzene rings is 3. The highest BCUT2D eigenvalue weighted by Crippen LogP contribution is 2.25. The van der Waals surface area contributed by atoms with Crippen LogP contribution in [0.15, 0.2) is 60.7 Å². The number of halogens is 3. The van der Waals surface area contributed by atoms with Gasteiger partial charge in [-0.15, -0.1) is 0 Å². The Morgan fingerprint density at radius 2 is 1.66 bits per heavy atom. The van der Waals surface area contributed by atoms with Crippen LogP contribution in [-0.4, -0.2) is 19.0 Å². The number of hydrogen-bond acceptors (Lipinski definition) is 4. The van der Waals surface area contributed by atoms with Crippen molar-refractivity contribution in [1.82, 2.24) is 5.32 Å². The van der Waals surface area contributed by atoms with Crippen molar-refractivity contribution in [3.05, 3.63) is 99.6 Å². The van der Waals surface area contributed by atoms with Crippen LogP contribution in [-0.2, 0) is 11.3 Å². The van der Waals surface area contributed by atoms with E-state index in [2.05, 4.69) is 10.1 Å². The summed E-state index contributed by atoms with van der Waals surface area (Å²) in [5.74, 6) is -2.12. The Hall–Kier alpha value is -3.45. The standard InChI is InChI=1S/C24H20ClF2NO4/c1-14(16-3-5-17(6-4-16)24(30)31-2)28-23(29)21-11-18(25)7-8-22(21)32-13-15-9-19(26)12-20(27)10-15/h3-12,14H,13H2,1-2H3,(H,28,29)/t14-/m0/s1. The molecule has 0 bridgehead atoms. The maximum atomic E-state index is 13.4. The number of rotatable bonds is 7. The van der Waals surface area contributed by atoms with Gasteiger partial charge in [-0.3, -0.25) is 4.79 Å². The molecule has 8 heteroatoms. The third-order valence-corrected chi connectivity index (χ3v) is 4.92. The monoisotopic (exact) mass is 459 g/mol. The average molecular weight is 460 g/mol. The fraction of sp³-hybridized carbons (Fsp3) is 0.167. The molecule has 0 saturated heterocycles. The van der Waals surface area contributed by atoms with Crippen molar-refractivity contribution in [3.63, 3.8) is 0 Å². The van der Waals surface area contributed by atoms with Crippen LogP contribution in [0.4, 0.5) is 8.78 Å². The number of esters is 1. The van der Waals surface area contributed by atoms with E-state index < -0.39 is 29.6 Å². The Balaban J connectivity index is 1.74. The Kier molecular flexibility index (Phi) is 7.43. The summed E-state index contributed by atoms with van der Waals surface area (Å²) in [6, 6.07) is 13.8. The number of carbonyl (C=O) groups excluding carboxylic acids is 2. The first kappa shape index (κ1) is 23.2. The number of nitrogens with one attached hydrogen (secondary N) is 1. The number of hydrogen-bond donors (Lipinski definition) is 1. The van der Waals surface area contributed by atoms with Crippen molar-refractivity contribution in [2.75, 3.05) is 7.11 Å². The van der Waals surface area contributed by atoms with Gasteiger partial charge in [0.1, 0.15) is 24.0 Å². The van der Waals surface area contributed by atoms with E-state index in [-0.39, 0.29) is 23.5 Å². The Morgan fingerprint density at radius 3 is 2.28 bits per heavy atom. The van der Waals surface area contributed by atoms with Crippen molar-refractivity contribution < 1.29 is 27.8 Å². The molecule has 0 fully saturated rings. The minimum atomic E-state index is -0.718. The van der Waals surface area contributed by atoms with Crippen LogP contribution in [0.1, 0.15) is 44.8 Å². The number of amides is 1. The predicted octanol–water partition coefficient (Wildman–Crippen LogP) is 5.47. The van der Waals surface area contributed by atoms with E-state index in [1.54, 1.807) is 37.3 Å². The molecule has 3 rings (SSSR count). The third-order valence-electron chi connectivity index (χ3n) is 4.68. The second-order valence-corrected chi connectivity index (χ2v) is 7.45. The molecule has 0 aromatic heterocycles. The summed E-state index contributed by atoms with van der Waals surface area (Å²) in [5.41, 5.74) is 1.62. The van der Waals surface area contributed by atoms with Gasteiger partial charge in [-0.05, 0) is 60.5 Å². The lowest BCUT2D eigenvalue weighted by atomic mass is 10.1. The zero-order valence-electron chi connectivity index (χ0n) is 17.3. The van der Waals surface area contributed by atoms with Gasteiger partial charge in [0, 0.05) is 11.1 Å². The van der Waals surface area contributed by atoms with E-state index in [4.69, 9.17) is 16.3 Å². The van der Waals surface area contributed by atoms with Gasteiger partial charge < -0.3 is 14.8 Å². The lowest BCUT2D eigenvalue weighted by Gasteiger charge is -2.17. The number of methoxy groups -OCH3 is 1. The van der Waals surface area contributed by atoms with E-state index in [0.717, 1.165) is 23.8 Å². The summed E-state index contributed by atoms with van der Waals surface area (Å²) in [5, 5.41) is 3.17. The molecular formula is C24H20ClF2NO4. The van der Waals surface area contributed by atoms with Crippen LogP contribution in [0.5, 0.6) is 5.75 Å². The highest BCUT2D eigenvalue weighted by atomic mass is 35.5. The summed E-state index contributed by atoms with van der Waals surface area (Å²) in [4.78, 5) is 24.5. The number of ether oxygens (including phenoxy) is 2. The molecular weight excluding hydrogens is 440 g/mol. The van der Waals surface area contributed by atoms with Gasteiger partial charge in [0.2, 0.25) is 0 Å². The van der Waals surface area contributed by atoms with E-state index >= 15 is 0 Å². The minimum absolute atomic E-state index is 0.138. The summed E-state index contributed by atoms with van der Waals surface area (Å²) in [6.45, 7) is 1.65. The second-order valence-electron chi connectivity index (χ2n) is 7.02. The van der Waals surface area contributed by atoms with Crippen molar-refractivity contribution in [2.45, 2.75) is 19.6 Å².